The summed E-state index contributed by atoms with van der Waals surface area (Å²) in [5.74, 6) is 0.538. The van der Waals surface area contributed by atoms with Crippen molar-refractivity contribution in [3.63, 3.8) is 0 Å². The van der Waals surface area contributed by atoms with Crippen LogP contribution in [0.2, 0.25) is 0 Å². The van der Waals surface area contributed by atoms with Crippen LogP contribution < -0.4 is 4.74 Å². The van der Waals surface area contributed by atoms with E-state index in [-0.39, 0.29) is 17.4 Å². The number of benzene rings is 1. The molecule has 26 heavy (non-hydrogen) atoms. The fourth-order valence-electron chi connectivity index (χ4n) is 3.05. The number of hydrogen-bond acceptors (Lipinski definition) is 6. The maximum absolute atomic E-state index is 12.8. The molecule has 0 bridgehead atoms. The number of ether oxygens (including phenoxy) is 1. The summed E-state index contributed by atoms with van der Waals surface area (Å²) in [5, 5.41) is 10.4. The molecule has 3 heterocycles. The third-order valence-electron chi connectivity index (χ3n) is 4.37. The molecule has 0 spiro atoms. The van der Waals surface area contributed by atoms with Crippen LogP contribution in [0.3, 0.4) is 0 Å². The summed E-state index contributed by atoms with van der Waals surface area (Å²) in [5.41, 5.74) is 2.24. The predicted molar refractivity (Wildman–Crippen MR) is 97.6 cm³/mol. The highest BCUT2D eigenvalue weighted by atomic mass is 32.1. The third-order valence-corrected chi connectivity index (χ3v) is 5.42. The quantitative estimate of drug-likeness (QED) is 0.743. The molecule has 0 atom stereocenters. The minimum Gasteiger partial charge on any atom is -0.504 e. The highest BCUT2D eigenvalue weighted by Gasteiger charge is 2.26. The van der Waals surface area contributed by atoms with Gasteiger partial charge in [-0.1, -0.05) is 0 Å². The van der Waals surface area contributed by atoms with Crippen molar-refractivity contribution in [2.45, 2.75) is 20.4 Å². The highest BCUT2D eigenvalue weighted by Crippen LogP contribution is 2.39. The van der Waals surface area contributed by atoms with Crippen molar-refractivity contribution in [1.29, 1.82) is 0 Å². The van der Waals surface area contributed by atoms with Gasteiger partial charge in [-0.15, -0.1) is 11.3 Å². The Hall–Kier alpha value is -2.80. The molecular weight excluding hydrogens is 352 g/mol. The van der Waals surface area contributed by atoms with Gasteiger partial charge in [0.05, 0.1) is 18.8 Å². The Morgan fingerprint density at radius 2 is 2.15 bits per heavy atom. The maximum atomic E-state index is 12.8. The van der Waals surface area contributed by atoms with E-state index < -0.39 is 0 Å². The van der Waals surface area contributed by atoms with Crippen molar-refractivity contribution in [3.05, 3.63) is 52.6 Å². The van der Waals surface area contributed by atoms with Crippen LogP contribution in [-0.4, -0.2) is 34.0 Å². The number of aromatic nitrogens is 1. The van der Waals surface area contributed by atoms with Crippen LogP contribution in [0.15, 0.2) is 35.1 Å². The number of hydrogen-bond donors (Lipinski definition) is 1. The van der Waals surface area contributed by atoms with Crippen LogP contribution in [0.25, 0.3) is 10.4 Å². The van der Waals surface area contributed by atoms with Crippen LogP contribution in [0, 0.1) is 13.8 Å². The van der Waals surface area contributed by atoms with Crippen LogP contribution in [0.4, 0.5) is 0 Å². The van der Waals surface area contributed by atoms with Crippen molar-refractivity contribution in [2.75, 3.05) is 13.2 Å². The first-order chi connectivity index (χ1) is 12.5. The normalized spacial score (nSPS) is 13.8. The lowest BCUT2D eigenvalue weighted by molar-refractivity contribution is 0.0700. The largest absolute Gasteiger partial charge is 0.504 e. The molecule has 0 unspecified atom stereocenters. The second-order valence-corrected chi connectivity index (χ2v) is 7.52. The van der Waals surface area contributed by atoms with Crippen molar-refractivity contribution >= 4 is 17.2 Å². The van der Waals surface area contributed by atoms with Gasteiger partial charge in [0.15, 0.2) is 17.9 Å². The second-order valence-electron chi connectivity index (χ2n) is 6.24. The minimum atomic E-state index is -0.228. The van der Waals surface area contributed by atoms with E-state index in [1.165, 1.54) is 11.3 Å². The van der Waals surface area contributed by atoms with E-state index in [4.69, 9.17) is 9.15 Å². The fraction of sp³-hybridized carbons (Fsp3) is 0.263. The monoisotopic (exact) mass is 370 g/mol. The van der Waals surface area contributed by atoms with Crippen LogP contribution in [0.1, 0.15) is 26.7 Å². The molecule has 3 aromatic rings. The lowest BCUT2D eigenvalue weighted by atomic mass is 10.1. The van der Waals surface area contributed by atoms with E-state index in [1.807, 2.05) is 25.1 Å². The number of rotatable bonds is 2. The first-order valence-electron chi connectivity index (χ1n) is 8.28. The first kappa shape index (κ1) is 16.7. The van der Waals surface area contributed by atoms with E-state index in [0.29, 0.717) is 31.1 Å². The molecule has 1 aliphatic rings. The molecule has 134 valence electrons. The number of aryl methyl sites for hydroxylation is 2. The Morgan fingerprint density at radius 3 is 2.85 bits per heavy atom. The number of aromatic hydroxyl groups is 1. The molecule has 0 radical (unpaired) electrons. The Balaban J connectivity index is 1.70. The molecule has 6 nitrogen and oxygen atoms in total. The summed E-state index contributed by atoms with van der Waals surface area (Å²) >= 11 is 1.66. The lowest BCUT2D eigenvalue weighted by Gasteiger charge is -2.18. The summed E-state index contributed by atoms with van der Waals surface area (Å²) in [7, 11) is 0. The van der Waals surface area contributed by atoms with Gasteiger partial charge in [-0.05, 0) is 43.7 Å². The van der Waals surface area contributed by atoms with Gasteiger partial charge in [0.25, 0.3) is 5.91 Å². The minimum absolute atomic E-state index is 0.0914. The molecule has 1 amide bonds. The van der Waals surface area contributed by atoms with E-state index in [9.17, 15) is 9.90 Å². The third kappa shape index (κ3) is 2.94. The predicted octanol–water partition coefficient (Wildman–Crippen LogP) is 3.76. The van der Waals surface area contributed by atoms with Crippen molar-refractivity contribution < 1.29 is 19.1 Å². The van der Waals surface area contributed by atoms with Crippen LogP contribution >= 0.6 is 11.3 Å². The summed E-state index contributed by atoms with van der Waals surface area (Å²) < 4.78 is 11.0. The van der Waals surface area contributed by atoms with Crippen LogP contribution in [0.5, 0.6) is 11.5 Å². The number of carbonyl (C=O) groups is 1. The molecule has 4 rings (SSSR count). The highest BCUT2D eigenvalue weighted by molar-refractivity contribution is 7.15. The number of thiophene rings is 1. The van der Waals surface area contributed by atoms with E-state index >= 15 is 0 Å². The average molecular weight is 370 g/mol. The molecular formula is C19H18N2O4S. The Labute approximate surface area is 154 Å². The van der Waals surface area contributed by atoms with Gasteiger partial charge in [0.2, 0.25) is 5.76 Å². The van der Waals surface area contributed by atoms with Gasteiger partial charge < -0.3 is 19.2 Å². The van der Waals surface area contributed by atoms with Gasteiger partial charge >= 0.3 is 0 Å². The zero-order valence-corrected chi connectivity index (χ0v) is 15.3. The van der Waals surface area contributed by atoms with Gasteiger partial charge in [0.1, 0.15) is 6.61 Å². The molecule has 7 heteroatoms. The fourth-order valence-corrected chi connectivity index (χ4v) is 3.91. The Bertz CT molecular complexity index is 976. The van der Waals surface area contributed by atoms with Crippen molar-refractivity contribution in [3.8, 4) is 21.9 Å². The number of carbonyl (C=O) groups excluding carboxylic acids is 1. The van der Waals surface area contributed by atoms with E-state index in [2.05, 4.69) is 4.98 Å². The molecule has 1 N–H and O–H groups in total. The summed E-state index contributed by atoms with van der Waals surface area (Å²) in [6.45, 7) is 4.82. The number of oxazole rings is 1. The summed E-state index contributed by atoms with van der Waals surface area (Å²) in [4.78, 5) is 20.7. The van der Waals surface area contributed by atoms with E-state index in [1.54, 1.807) is 29.2 Å². The zero-order chi connectivity index (χ0) is 18.3. The lowest BCUT2D eigenvalue weighted by Crippen LogP contribution is -2.32. The number of fused-ring (bicyclic) bond motifs is 1. The smallest absolute Gasteiger partial charge is 0.291 e. The standard InChI is InChI=1S/C19H18N2O4S/c1-11-3-4-16(26-11)13-7-14-9-21(5-6-24-18(14)15(22)8-13)19(23)17-12(2)20-10-25-17/h3-4,7-8,10,22H,5-6,9H2,1-2H3. The number of nitrogens with zero attached hydrogens (tertiary/aromatic N) is 2. The van der Waals surface area contributed by atoms with Gasteiger partial charge in [0, 0.05) is 15.3 Å². The average Bonchev–Trinajstić information content (AvgIpc) is 3.17. The number of phenolic OH excluding ortho intramolecular Hbond substituents is 1. The maximum Gasteiger partial charge on any atom is 0.291 e. The van der Waals surface area contributed by atoms with Gasteiger partial charge in [-0.2, -0.15) is 0 Å². The Morgan fingerprint density at radius 1 is 1.31 bits per heavy atom. The van der Waals surface area contributed by atoms with Gasteiger partial charge in [-0.3, -0.25) is 4.79 Å². The molecule has 0 aliphatic carbocycles. The molecule has 1 aromatic carbocycles. The molecule has 1 aliphatic heterocycles. The first-order valence-corrected chi connectivity index (χ1v) is 9.09. The summed E-state index contributed by atoms with van der Waals surface area (Å²) in [6, 6.07) is 7.75. The van der Waals surface area contributed by atoms with Gasteiger partial charge in [-0.25, -0.2) is 4.98 Å². The SMILES string of the molecule is Cc1ccc(-c2cc(O)c3c(c2)CN(C(=O)c2ocnc2C)CCO3)s1. The molecule has 0 saturated heterocycles. The topological polar surface area (TPSA) is 75.8 Å². The van der Waals surface area contributed by atoms with Crippen LogP contribution in [-0.2, 0) is 6.54 Å². The van der Waals surface area contributed by atoms with Crippen molar-refractivity contribution in [1.82, 2.24) is 9.88 Å². The number of phenols is 1. The Kier molecular flexibility index (Phi) is 4.16. The number of amides is 1. The molecule has 0 saturated carbocycles. The second kappa shape index (κ2) is 6.49. The van der Waals surface area contributed by atoms with Crippen molar-refractivity contribution in [2.24, 2.45) is 0 Å². The van der Waals surface area contributed by atoms with E-state index in [0.717, 1.165) is 16.0 Å². The molecule has 0 fully saturated rings. The summed E-state index contributed by atoms with van der Waals surface area (Å²) in [6.07, 6.45) is 1.27. The molecule has 2 aromatic heterocycles. The zero-order valence-electron chi connectivity index (χ0n) is 14.5.